The standard InChI is InChI=1S/C15H17N3O2S.ClH/c1-8-2-5-12(19)10(6-8)14(20)18-15-17-11-4-3-9(16)7-13(11)21-15;/h2,5-6,9,19H,3-4,7,16H2,1H3,(H,17,18,20);1H/t9-;/m0./s1. The summed E-state index contributed by atoms with van der Waals surface area (Å²) in [6, 6.07) is 5.13. The van der Waals surface area contributed by atoms with Gasteiger partial charge in [-0.3, -0.25) is 10.1 Å². The zero-order valence-electron chi connectivity index (χ0n) is 12.1. The van der Waals surface area contributed by atoms with Crippen LogP contribution in [0.5, 0.6) is 5.75 Å². The quantitative estimate of drug-likeness (QED) is 0.784. The molecule has 0 saturated carbocycles. The fourth-order valence-electron chi connectivity index (χ4n) is 2.45. The summed E-state index contributed by atoms with van der Waals surface area (Å²) in [5.41, 5.74) is 8.16. The van der Waals surface area contributed by atoms with Crippen LogP contribution in [-0.4, -0.2) is 22.0 Å². The maximum absolute atomic E-state index is 12.2. The molecule has 5 nitrogen and oxygen atoms in total. The third kappa shape index (κ3) is 3.40. The summed E-state index contributed by atoms with van der Waals surface area (Å²) in [7, 11) is 0. The molecule has 2 aromatic rings. The predicted octanol–water partition coefficient (Wildman–Crippen LogP) is 2.65. The van der Waals surface area contributed by atoms with E-state index in [0.29, 0.717) is 5.13 Å². The number of aromatic nitrogens is 1. The van der Waals surface area contributed by atoms with Crippen molar-refractivity contribution < 1.29 is 9.90 Å². The Morgan fingerprint density at radius 1 is 1.50 bits per heavy atom. The fourth-order valence-corrected chi connectivity index (χ4v) is 3.55. The zero-order chi connectivity index (χ0) is 15.0. The Hall–Kier alpha value is -1.63. The van der Waals surface area contributed by atoms with Crippen LogP contribution in [-0.2, 0) is 12.8 Å². The molecule has 1 aromatic carbocycles. The molecular weight excluding hydrogens is 322 g/mol. The number of thiazole rings is 1. The Kier molecular flexibility index (Phi) is 5.05. The summed E-state index contributed by atoms with van der Waals surface area (Å²) in [6.07, 6.45) is 2.61. The predicted molar refractivity (Wildman–Crippen MR) is 90.2 cm³/mol. The molecule has 0 aliphatic heterocycles. The van der Waals surface area contributed by atoms with Crippen LogP contribution in [0.1, 0.15) is 32.9 Å². The number of fused-ring (bicyclic) bond motifs is 1. The van der Waals surface area contributed by atoms with Gasteiger partial charge in [-0.1, -0.05) is 11.6 Å². The minimum Gasteiger partial charge on any atom is -0.507 e. The lowest BCUT2D eigenvalue weighted by Crippen LogP contribution is -2.27. The lowest BCUT2D eigenvalue weighted by Gasteiger charge is -2.15. The molecule has 0 bridgehead atoms. The van der Waals surface area contributed by atoms with E-state index < -0.39 is 0 Å². The van der Waals surface area contributed by atoms with Crippen molar-refractivity contribution in [1.29, 1.82) is 0 Å². The Labute approximate surface area is 139 Å². The Balaban J connectivity index is 0.00000176. The van der Waals surface area contributed by atoms with Crippen LogP contribution >= 0.6 is 23.7 Å². The number of hydrogen-bond acceptors (Lipinski definition) is 5. The van der Waals surface area contributed by atoms with Gasteiger partial charge in [-0.25, -0.2) is 4.98 Å². The van der Waals surface area contributed by atoms with Gasteiger partial charge in [0.1, 0.15) is 5.75 Å². The first-order valence-corrected chi connectivity index (χ1v) is 7.69. The number of phenols is 1. The van der Waals surface area contributed by atoms with Crippen LogP contribution in [0.2, 0.25) is 0 Å². The third-order valence-corrected chi connectivity index (χ3v) is 4.63. The molecule has 1 aliphatic carbocycles. The summed E-state index contributed by atoms with van der Waals surface area (Å²) >= 11 is 1.47. The Morgan fingerprint density at radius 2 is 2.27 bits per heavy atom. The molecular formula is C15H18ClN3O2S. The lowest BCUT2D eigenvalue weighted by atomic mass is 9.99. The lowest BCUT2D eigenvalue weighted by molar-refractivity contribution is 0.102. The van der Waals surface area contributed by atoms with Gasteiger partial charge in [-0.15, -0.1) is 23.7 Å². The van der Waals surface area contributed by atoms with Gasteiger partial charge in [-0.2, -0.15) is 0 Å². The Bertz CT molecular complexity index is 702. The molecule has 1 heterocycles. The van der Waals surface area contributed by atoms with Crippen LogP contribution < -0.4 is 11.1 Å². The monoisotopic (exact) mass is 339 g/mol. The van der Waals surface area contributed by atoms with Gasteiger partial charge in [0.2, 0.25) is 0 Å². The van der Waals surface area contributed by atoms with Gasteiger partial charge >= 0.3 is 0 Å². The van der Waals surface area contributed by atoms with Crippen LogP contribution in [0.15, 0.2) is 18.2 Å². The summed E-state index contributed by atoms with van der Waals surface area (Å²) in [5, 5.41) is 13.1. The van der Waals surface area contributed by atoms with Gasteiger partial charge in [-0.05, 0) is 38.3 Å². The minimum atomic E-state index is -0.341. The smallest absolute Gasteiger partial charge is 0.261 e. The van der Waals surface area contributed by atoms with E-state index in [9.17, 15) is 9.90 Å². The molecule has 0 unspecified atom stereocenters. The van der Waals surface area contributed by atoms with Gasteiger partial charge in [0, 0.05) is 10.9 Å². The molecule has 1 aromatic heterocycles. The maximum atomic E-state index is 12.2. The molecule has 3 rings (SSSR count). The number of amides is 1. The molecule has 7 heteroatoms. The molecule has 22 heavy (non-hydrogen) atoms. The number of hydrogen-bond donors (Lipinski definition) is 3. The van der Waals surface area contributed by atoms with E-state index in [1.54, 1.807) is 12.1 Å². The van der Waals surface area contributed by atoms with Crippen molar-refractivity contribution in [3.05, 3.63) is 39.9 Å². The average molecular weight is 340 g/mol. The highest BCUT2D eigenvalue weighted by Gasteiger charge is 2.21. The number of nitrogens with zero attached hydrogens (tertiary/aromatic N) is 1. The summed E-state index contributed by atoms with van der Waals surface area (Å²) < 4.78 is 0. The number of benzene rings is 1. The SMILES string of the molecule is Cc1ccc(O)c(C(=O)Nc2nc3c(s2)C[C@@H](N)CC3)c1.Cl. The maximum Gasteiger partial charge on any atom is 0.261 e. The van der Waals surface area contributed by atoms with E-state index >= 15 is 0 Å². The number of anilines is 1. The van der Waals surface area contributed by atoms with Crippen LogP contribution in [0.3, 0.4) is 0 Å². The van der Waals surface area contributed by atoms with E-state index in [4.69, 9.17) is 5.73 Å². The van der Waals surface area contributed by atoms with Crippen molar-refractivity contribution in [3.63, 3.8) is 0 Å². The topological polar surface area (TPSA) is 88.2 Å². The van der Waals surface area contributed by atoms with E-state index in [-0.39, 0.29) is 35.7 Å². The number of nitrogens with two attached hydrogens (primary N) is 1. The first kappa shape index (κ1) is 16.7. The molecule has 0 saturated heterocycles. The number of carbonyl (C=O) groups is 1. The van der Waals surface area contributed by atoms with Crippen molar-refractivity contribution in [1.82, 2.24) is 4.98 Å². The second-order valence-corrected chi connectivity index (χ2v) is 6.45. The van der Waals surface area contributed by atoms with Gasteiger partial charge in [0.25, 0.3) is 5.91 Å². The van der Waals surface area contributed by atoms with Crippen LogP contribution in [0, 0.1) is 6.92 Å². The van der Waals surface area contributed by atoms with Crippen molar-refractivity contribution >= 4 is 34.8 Å². The normalized spacial score (nSPS) is 16.5. The van der Waals surface area contributed by atoms with Crippen LogP contribution in [0.4, 0.5) is 5.13 Å². The van der Waals surface area contributed by atoms with Crippen molar-refractivity contribution in [2.45, 2.75) is 32.2 Å². The van der Waals surface area contributed by atoms with Gasteiger partial charge in [0.05, 0.1) is 11.3 Å². The molecule has 0 spiro atoms. The molecule has 1 atom stereocenters. The van der Waals surface area contributed by atoms with E-state index in [2.05, 4.69) is 10.3 Å². The average Bonchev–Trinajstić information content (AvgIpc) is 2.82. The number of halogens is 1. The van der Waals surface area contributed by atoms with E-state index in [1.807, 2.05) is 6.92 Å². The van der Waals surface area contributed by atoms with Crippen molar-refractivity contribution in [2.24, 2.45) is 5.73 Å². The number of phenolic OH excluding ortho intramolecular Hbond substituents is 1. The zero-order valence-corrected chi connectivity index (χ0v) is 13.8. The summed E-state index contributed by atoms with van der Waals surface area (Å²) in [4.78, 5) is 17.8. The molecule has 0 radical (unpaired) electrons. The summed E-state index contributed by atoms with van der Waals surface area (Å²) in [6.45, 7) is 1.87. The first-order valence-electron chi connectivity index (χ1n) is 6.88. The second kappa shape index (κ2) is 6.64. The fraction of sp³-hybridized carbons (Fsp3) is 0.333. The number of carbonyl (C=O) groups excluding carboxylic acids is 1. The Morgan fingerprint density at radius 3 is 3.05 bits per heavy atom. The number of aromatic hydroxyl groups is 1. The summed E-state index contributed by atoms with van der Waals surface area (Å²) in [5.74, 6) is -0.368. The number of aryl methyl sites for hydroxylation is 2. The highest BCUT2D eigenvalue weighted by atomic mass is 35.5. The first-order chi connectivity index (χ1) is 10.0. The highest BCUT2D eigenvalue weighted by molar-refractivity contribution is 7.15. The molecule has 0 fully saturated rings. The van der Waals surface area contributed by atoms with Crippen LogP contribution in [0.25, 0.3) is 0 Å². The second-order valence-electron chi connectivity index (χ2n) is 5.37. The highest BCUT2D eigenvalue weighted by Crippen LogP contribution is 2.30. The molecule has 1 aliphatic rings. The van der Waals surface area contributed by atoms with Crippen molar-refractivity contribution in [3.8, 4) is 5.75 Å². The minimum absolute atomic E-state index is 0. The number of rotatable bonds is 2. The largest absolute Gasteiger partial charge is 0.507 e. The van der Waals surface area contributed by atoms with E-state index in [0.717, 1.165) is 35.4 Å². The van der Waals surface area contributed by atoms with Gasteiger partial charge < -0.3 is 10.8 Å². The third-order valence-electron chi connectivity index (χ3n) is 3.59. The van der Waals surface area contributed by atoms with Gasteiger partial charge in [0.15, 0.2) is 5.13 Å². The molecule has 1 amide bonds. The molecule has 118 valence electrons. The van der Waals surface area contributed by atoms with E-state index in [1.165, 1.54) is 17.4 Å². The van der Waals surface area contributed by atoms with Crippen molar-refractivity contribution in [2.75, 3.05) is 5.32 Å². The number of nitrogens with one attached hydrogen (secondary N) is 1. The molecule has 4 N–H and O–H groups in total.